The highest BCUT2D eigenvalue weighted by atomic mass is 35.5. The van der Waals surface area contributed by atoms with Gasteiger partial charge in [-0.05, 0) is 49.9 Å². The fourth-order valence-electron chi connectivity index (χ4n) is 2.78. The molecule has 94 valence electrons. The van der Waals surface area contributed by atoms with E-state index in [1.807, 2.05) is 12.1 Å². The van der Waals surface area contributed by atoms with E-state index in [0.29, 0.717) is 5.54 Å². The first-order valence-corrected chi connectivity index (χ1v) is 7.11. The minimum absolute atomic E-state index is 0.310. The van der Waals surface area contributed by atoms with Gasteiger partial charge < -0.3 is 5.32 Å². The second-order valence-corrected chi connectivity index (χ2v) is 5.61. The minimum atomic E-state index is 0.310. The standard InChI is InChI=1S/C15H22ClN/c1-2-15(10-4-3-5-11-17-15)12-13-6-8-14(16)9-7-13/h6-9,17H,2-5,10-12H2,1H3. The van der Waals surface area contributed by atoms with Crippen molar-refractivity contribution in [3.63, 3.8) is 0 Å². The monoisotopic (exact) mass is 251 g/mol. The molecule has 1 fully saturated rings. The van der Waals surface area contributed by atoms with Crippen LogP contribution in [0, 0.1) is 0 Å². The van der Waals surface area contributed by atoms with Gasteiger partial charge in [0.25, 0.3) is 0 Å². The molecule has 0 amide bonds. The van der Waals surface area contributed by atoms with Crippen LogP contribution in [0.15, 0.2) is 24.3 Å². The number of nitrogens with one attached hydrogen (secondary N) is 1. The molecule has 2 heteroatoms. The van der Waals surface area contributed by atoms with Gasteiger partial charge in [0.05, 0.1) is 0 Å². The maximum Gasteiger partial charge on any atom is 0.0406 e. The number of benzene rings is 1. The summed E-state index contributed by atoms with van der Waals surface area (Å²) in [4.78, 5) is 0. The molecule has 1 atom stereocenters. The van der Waals surface area contributed by atoms with E-state index < -0.39 is 0 Å². The molecule has 1 aliphatic rings. The summed E-state index contributed by atoms with van der Waals surface area (Å²) in [6, 6.07) is 8.31. The molecule has 1 aliphatic heterocycles. The van der Waals surface area contributed by atoms with Gasteiger partial charge in [0.1, 0.15) is 0 Å². The van der Waals surface area contributed by atoms with Crippen molar-refractivity contribution in [2.75, 3.05) is 6.54 Å². The molecule has 1 nitrogen and oxygen atoms in total. The van der Waals surface area contributed by atoms with Crippen molar-refractivity contribution in [3.05, 3.63) is 34.9 Å². The third kappa shape index (κ3) is 3.46. The molecule has 1 aromatic rings. The summed E-state index contributed by atoms with van der Waals surface area (Å²) >= 11 is 5.93. The summed E-state index contributed by atoms with van der Waals surface area (Å²) in [5.41, 5.74) is 1.70. The third-order valence-electron chi connectivity index (χ3n) is 3.96. The minimum Gasteiger partial charge on any atom is -0.311 e. The van der Waals surface area contributed by atoms with E-state index in [0.717, 1.165) is 11.4 Å². The Labute approximate surface area is 110 Å². The highest BCUT2D eigenvalue weighted by Crippen LogP contribution is 2.27. The zero-order valence-corrected chi connectivity index (χ0v) is 11.4. The Morgan fingerprint density at radius 3 is 2.65 bits per heavy atom. The Kier molecular flexibility index (Phi) is 4.47. The van der Waals surface area contributed by atoms with Crippen molar-refractivity contribution in [2.45, 2.75) is 51.0 Å². The first-order valence-electron chi connectivity index (χ1n) is 6.74. The summed E-state index contributed by atoms with van der Waals surface area (Å²) in [6.07, 6.45) is 7.68. The van der Waals surface area contributed by atoms with Crippen molar-refractivity contribution < 1.29 is 0 Å². The van der Waals surface area contributed by atoms with Crippen LogP contribution in [0.2, 0.25) is 5.02 Å². The lowest BCUT2D eigenvalue weighted by Gasteiger charge is -2.33. The molecular formula is C15H22ClN. The maximum atomic E-state index is 5.93. The maximum absolute atomic E-state index is 5.93. The molecule has 1 saturated heterocycles. The Morgan fingerprint density at radius 1 is 1.18 bits per heavy atom. The van der Waals surface area contributed by atoms with E-state index in [9.17, 15) is 0 Å². The zero-order valence-electron chi connectivity index (χ0n) is 10.6. The molecule has 0 spiro atoms. The highest BCUT2D eigenvalue weighted by Gasteiger charge is 2.28. The van der Waals surface area contributed by atoms with Crippen molar-refractivity contribution >= 4 is 11.6 Å². The molecule has 0 bridgehead atoms. The number of hydrogen-bond acceptors (Lipinski definition) is 1. The lowest BCUT2D eigenvalue weighted by atomic mass is 9.84. The SMILES string of the molecule is CCC1(Cc2ccc(Cl)cc2)CCCCCN1. The van der Waals surface area contributed by atoms with Crippen molar-refractivity contribution in [3.8, 4) is 0 Å². The van der Waals surface area contributed by atoms with Crippen LogP contribution in [0.1, 0.15) is 44.6 Å². The van der Waals surface area contributed by atoms with Crippen LogP contribution in [-0.2, 0) is 6.42 Å². The number of rotatable bonds is 3. The van der Waals surface area contributed by atoms with E-state index >= 15 is 0 Å². The van der Waals surface area contributed by atoms with E-state index in [1.54, 1.807) is 0 Å². The Hall–Kier alpha value is -0.530. The molecule has 0 saturated carbocycles. The fourth-order valence-corrected chi connectivity index (χ4v) is 2.90. The second kappa shape index (κ2) is 5.88. The van der Waals surface area contributed by atoms with Gasteiger partial charge in [-0.1, -0.05) is 43.5 Å². The third-order valence-corrected chi connectivity index (χ3v) is 4.22. The normalized spacial score (nSPS) is 25.5. The van der Waals surface area contributed by atoms with Crippen molar-refractivity contribution in [1.29, 1.82) is 0 Å². The van der Waals surface area contributed by atoms with E-state index in [2.05, 4.69) is 24.4 Å². The predicted octanol–water partition coefficient (Wildman–Crippen LogP) is 4.19. The summed E-state index contributed by atoms with van der Waals surface area (Å²) in [5, 5.41) is 4.60. The van der Waals surface area contributed by atoms with Gasteiger partial charge >= 0.3 is 0 Å². The van der Waals surface area contributed by atoms with Crippen LogP contribution in [0.3, 0.4) is 0 Å². The zero-order chi connectivity index (χ0) is 12.1. The number of hydrogen-bond donors (Lipinski definition) is 1. The van der Waals surface area contributed by atoms with Crippen molar-refractivity contribution in [1.82, 2.24) is 5.32 Å². The molecule has 0 aliphatic carbocycles. The average Bonchev–Trinajstić information content (AvgIpc) is 2.58. The van der Waals surface area contributed by atoms with Gasteiger partial charge in [-0.25, -0.2) is 0 Å². The Bertz CT molecular complexity index is 336. The second-order valence-electron chi connectivity index (χ2n) is 5.17. The lowest BCUT2D eigenvalue weighted by Crippen LogP contribution is -2.46. The molecule has 1 heterocycles. The van der Waals surface area contributed by atoms with Gasteiger partial charge in [-0.15, -0.1) is 0 Å². The van der Waals surface area contributed by atoms with Crippen LogP contribution in [0.5, 0.6) is 0 Å². The van der Waals surface area contributed by atoms with Gasteiger partial charge in [0.15, 0.2) is 0 Å². The topological polar surface area (TPSA) is 12.0 Å². The first kappa shape index (κ1) is 12.9. The Morgan fingerprint density at radius 2 is 1.94 bits per heavy atom. The van der Waals surface area contributed by atoms with Gasteiger partial charge in [-0.3, -0.25) is 0 Å². The van der Waals surface area contributed by atoms with Crippen LogP contribution < -0.4 is 5.32 Å². The summed E-state index contributed by atoms with van der Waals surface area (Å²) in [5.74, 6) is 0. The van der Waals surface area contributed by atoms with Crippen LogP contribution in [0.4, 0.5) is 0 Å². The lowest BCUT2D eigenvalue weighted by molar-refractivity contribution is 0.302. The van der Waals surface area contributed by atoms with Crippen LogP contribution >= 0.6 is 11.6 Å². The van der Waals surface area contributed by atoms with Gasteiger partial charge in [0, 0.05) is 10.6 Å². The van der Waals surface area contributed by atoms with Gasteiger partial charge in [0.2, 0.25) is 0 Å². The fraction of sp³-hybridized carbons (Fsp3) is 0.600. The molecule has 1 aromatic carbocycles. The molecule has 2 rings (SSSR count). The first-order chi connectivity index (χ1) is 8.24. The molecule has 1 N–H and O–H groups in total. The number of halogens is 1. The molecule has 0 aromatic heterocycles. The Balaban J connectivity index is 2.09. The summed E-state index contributed by atoms with van der Waals surface area (Å²) in [6.45, 7) is 3.47. The quantitative estimate of drug-likeness (QED) is 0.849. The van der Waals surface area contributed by atoms with E-state index in [1.165, 1.54) is 44.2 Å². The molecule has 1 unspecified atom stereocenters. The van der Waals surface area contributed by atoms with Gasteiger partial charge in [-0.2, -0.15) is 0 Å². The van der Waals surface area contributed by atoms with Crippen LogP contribution in [-0.4, -0.2) is 12.1 Å². The smallest absolute Gasteiger partial charge is 0.0406 e. The predicted molar refractivity (Wildman–Crippen MR) is 74.6 cm³/mol. The average molecular weight is 252 g/mol. The largest absolute Gasteiger partial charge is 0.311 e. The highest BCUT2D eigenvalue weighted by molar-refractivity contribution is 6.30. The molecule has 17 heavy (non-hydrogen) atoms. The summed E-state index contributed by atoms with van der Waals surface area (Å²) in [7, 11) is 0. The van der Waals surface area contributed by atoms with Crippen molar-refractivity contribution in [2.24, 2.45) is 0 Å². The molecular weight excluding hydrogens is 230 g/mol. The van der Waals surface area contributed by atoms with E-state index in [-0.39, 0.29) is 0 Å². The van der Waals surface area contributed by atoms with Crippen LogP contribution in [0.25, 0.3) is 0 Å². The molecule has 0 radical (unpaired) electrons. The summed E-state index contributed by atoms with van der Waals surface area (Å²) < 4.78 is 0. The van der Waals surface area contributed by atoms with E-state index in [4.69, 9.17) is 11.6 Å².